The Labute approximate surface area is 185 Å². The van der Waals surface area contributed by atoms with E-state index in [9.17, 15) is 0 Å². The summed E-state index contributed by atoms with van der Waals surface area (Å²) >= 11 is 0. The van der Waals surface area contributed by atoms with Crippen LogP contribution in [0.4, 0.5) is 0 Å². The summed E-state index contributed by atoms with van der Waals surface area (Å²) in [6.45, 7) is 0. The highest BCUT2D eigenvalue weighted by Gasteiger charge is 2.14. The van der Waals surface area contributed by atoms with Crippen molar-refractivity contribution >= 4 is 21.8 Å². The number of hydrogen-bond donors (Lipinski definition) is 1. The number of ether oxygens (including phenoxy) is 1. The lowest BCUT2D eigenvalue weighted by atomic mass is 10.1. The second kappa shape index (κ2) is 7.67. The van der Waals surface area contributed by atoms with Crippen LogP contribution in [0.15, 0.2) is 109 Å². The zero-order valence-electron chi connectivity index (χ0n) is 17.2. The number of pyridine rings is 2. The van der Waals surface area contributed by atoms with Gasteiger partial charge in [-0.3, -0.25) is 9.97 Å². The third-order valence-electron chi connectivity index (χ3n) is 5.56. The van der Waals surface area contributed by atoms with Gasteiger partial charge in [-0.25, -0.2) is 0 Å². The van der Waals surface area contributed by atoms with Gasteiger partial charge in [-0.05, 0) is 54.6 Å². The summed E-state index contributed by atoms with van der Waals surface area (Å²) in [5.41, 5.74) is 5.99. The summed E-state index contributed by atoms with van der Waals surface area (Å²) in [6, 6.07) is 32.3. The molecule has 0 atom stereocenters. The van der Waals surface area contributed by atoms with E-state index >= 15 is 0 Å². The maximum atomic E-state index is 6.36. The van der Waals surface area contributed by atoms with Crippen LogP contribution in [0.2, 0.25) is 0 Å². The number of benzene rings is 3. The number of nitrogens with one attached hydrogen (secondary N) is 1. The molecule has 6 aromatic rings. The van der Waals surface area contributed by atoms with E-state index in [1.165, 1.54) is 0 Å². The zero-order chi connectivity index (χ0) is 21.3. The molecule has 3 aromatic heterocycles. The Morgan fingerprint density at radius 1 is 0.594 bits per heavy atom. The third-order valence-corrected chi connectivity index (χ3v) is 5.56. The molecule has 32 heavy (non-hydrogen) atoms. The summed E-state index contributed by atoms with van der Waals surface area (Å²) in [5, 5.41) is 2.27. The molecule has 152 valence electrons. The lowest BCUT2D eigenvalue weighted by Crippen LogP contribution is -1.89. The Bertz CT molecular complexity index is 1540. The lowest BCUT2D eigenvalue weighted by molar-refractivity contribution is 0.484. The number of nitrogens with zero attached hydrogens (tertiary/aromatic N) is 2. The first-order chi connectivity index (χ1) is 15.8. The summed E-state index contributed by atoms with van der Waals surface area (Å²) in [5.74, 6) is 1.53. The van der Waals surface area contributed by atoms with Gasteiger partial charge in [-0.1, -0.05) is 42.5 Å². The van der Waals surface area contributed by atoms with E-state index in [4.69, 9.17) is 4.74 Å². The lowest BCUT2D eigenvalue weighted by Gasteiger charge is -2.11. The highest BCUT2D eigenvalue weighted by molar-refractivity contribution is 6.12. The molecule has 0 bridgehead atoms. The monoisotopic (exact) mass is 413 g/mol. The molecule has 0 aliphatic heterocycles. The van der Waals surface area contributed by atoms with Crippen LogP contribution in [0, 0.1) is 0 Å². The van der Waals surface area contributed by atoms with Crippen LogP contribution in [0.5, 0.6) is 11.5 Å². The minimum Gasteiger partial charge on any atom is -0.457 e. The van der Waals surface area contributed by atoms with Gasteiger partial charge in [0.1, 0.15) is 11.5 Å². The van der Waals surface area contributed by atoms with Gasteiger partial charge in [0.25, 0.3) is 0 Å². The normalized spacial score (nSPS) is 11.1. The predicted molar refractivity (Wildman–Crippen MR) is 129 cm³/mol. The van der Waals surface area contributed by atoms with Crippen molar-refractivity contribution < 1.29 is 4.74 Å². The number of fused-ring (bicyclic) bond motifs is 3. The van der Waals surface area contributed by atoms with E-state index < -0.39 is 0 Å². The fourth-order valence-electron chi connectivity index (χ4n) is 4.10. The fraction of sp³-hybridized carbons (Fsp3) is 0. The Morgan fingerprint density at radius 2 is 1.38 bits per heavy atom. The molecule has 0 amide bonds. The van der Waals surface area contributed by atoms with E-state index in [1.807, 2.05) is 79.0 Å². The number of H-pyrrole nitrogens is 1. The van der Waals surface area contributed by atoms with Gasteiger partial charge < -0.3 is 9.72 Å². The molecule has 0 spiro atoms. The summed E-state index contributed by atoms with van der Waals surface area (Å²) in [7, 11) is 0. The molecule has 0 radical (unpaired) electrons. The van der Waals surface area contributed by atoms with Crippen LogP contribution in [0.1, 0.15) is 0 Å². The van der Waals surface area contributed by atoms with E-state index in [2.05, 4.69) is 39.2 Å². The molecule has 3 aromatic carbocycles. The highest BCUT2D eigenvalue weighted by atomic mass is 16.5. The van der Waals surface area contributed by atoms with Crippen LogP contribution in [-0.2, 0) is 0 Å². The minimum absolute atomic E-state index is 0.763. The Morgan fingerprint density at radius 3 is 2.19 bits per heavy atom. The Hall–Kier alpha value is -4.44. The number of rotatable bonds is 4. The van der Waals surface area contributed by atoms with Crippen molar-refractivity contribution in [1.29, 1.82) is 0 Å². The second-order valence-corrected chi connectivity index (χ2v) is 7.62. The average molecular weight is 413 g/mol. The number of aromatic nitrogens is 3. The van der Waals surface area contributed by atoms with Gasteiger partial charge in [-0.2, -0.15) is 0 Å². The van der Waals surface area contributed by atoms with Gasteiger partial charge in [0.05, 0.1) is 16.9 Å². The molecule has 6 rings (SSSR count). The summed E-state index contributed by atoms with van der Waals surface area (Å²) in [4.78, 5) is 12.6. The molecule has 4 nitrogen and oxygen atoms in total. The standard InChI is InChI=1S/C28H19N3O/c1-2-13-27-22(10-1)23-17-21(18-24(28(23)31-27)26-12-4-6-15-30-26)32-20-9-7-8-19(16-20)25-11-3-5-14-29-25/h1-18,31H. The largest absolute Gasteiger partial charge is 0.457 e. The SMILES string of the molecule is c1ccc(-c2cccc(Oc3cc(-c4ccccn4)c4[nH]c5ccccc5c4c3)c2)nc1. The fourth-order valence-corrected chi connectivity index (χ4v) is 4.10. The quantitative estimate of drug-likeness (QED) is 0.331. The second-order valence-electron chi connectivity index (χ2n) is 7.62. The van der Waals surface area contributed by atoms with Gasteiger partial charge in [-0.15, -0.1) is 0 Å². The van der Waals surface area contributed by atoms with Crippen LogP contribution < -0.4 is 4.74 Å². The molecule has 0 aliphatic carbocycles. The molecule has 0 fully saturated rings. The van der Waals surface area contributed by atoms with Gasteiger partial charge in [0, 0.05) is 39.8 Å². The molecule has 0 aliphatic rings. The molecular weight excluding hydrogens is 394 g/mol. The first-order valence-electron chi connectivity index (χ1n) is 10.5. The first kappa shape index (κ1) is 18.3. The Kier molecular flexibility index (Phi) is 4.40. The summed E-state index contributed by atoms with van der Waals surface area (Å²) in [6.07, 6.45) is 3.61. The molecule has 0 saturated carbocycles. The van der Waals surface area contributed by atoms with Crippen molar-refractivity contribution in [3.63, 3.8) is 0 Å². The van der Waals surface area contributed by atoms with E-state index in [-0.39, 0.29) is 0 Å². The zero-order valence-corrected chi connectivity index (χ0v) is 17.2. The molecule has 1 N–H and O–H groups in total. The van der Waals surface area contributed by atoms with Crippen LogP contribution in [-0.4, -0.2) is 15.0 Å². The maximum Gasteiger partial charge on any atom is 0.128 e. The van der Waals surface area contributed by atoms with E-state index in [0.717, 1.165) is 55.8 Å². The highest BCUT2D eigenvalue weighted by Crippen LogP contribution is 2.37. The molecule has 0 unspecified atom stereocenters. The van der Waals surface area contributed by atoms with Crippen LogP contribution in [0.25, 0.3) is 44.3 Å². The van der Waals surface area contributed by atoms with E-state index in [0.29, 0.717) is 0 Å². The number of para-hydroxylation sites is 1. The van der Waals surface area contributed by atoms with Gasteiger partial charge in [0.15, 0.2) is 0 Å². The molecule has 3 heterocycles. The number of hydrogen-bond acceptors (Lipinski definition) is 3. The van der Waals surface area contributed by atoms with Crippen molar-refractivity contribution in [2.75, 3.05) is 0 Å². The first-order valence-corrected chi connectivity index (χ1v) is 10.5. The van der Waals surface area contributed by atoms with Crippen molar-refractivity contribution in [2.45, 2.75) is 0 Å². The topological polar surface area (TPSA) is 50.8 Å². The molecule has 0 saturated heterocycles. The van der Waals surface area contributed by atoms with Crippen molar-refractivity contribution in [2.24, 2.45) is 0 Å². The number of aromatic amines is 1. The van der Waals surface area contributed by atoms with Gasteiger partial charge in [0.2, 0.25) is 0 Å². The average Bonchev–Trinajstić information content (AvgIpc) is 3.23. The maximum absolute atomic E-state index is 6.36. The third kappa shape index (κ3) is 3.28. The smallest absolute Gasteiger partial charge is 0.128 e. The van der Waals surface area contributed by atoms with Gasteiger partial charge >= 0.3 is 0 Å². The Balaban J connectivity index is 1.49. The van der Waals surface area contributed by atoms with E-state index in [1.54, 1.807) is 6.20 Å². The molecular formula is C28H19N3O. The van der Waals surface area contributed by atoms with Crippen molar-refractivity contribution in [3.8, 4) is 34.0 Å². The predicted octanol–water partition coefficient (Wildman–Crippen LogP) is 7.24. The molecule has 4 heteroatoms. The van der Waals surface area contributed by atoms with Crippen molar-refractivity contribution in [1.82, 2.24) is 15.0 Å². The summed E-state index contributed by atoms with van der Waals surface area (Å²) < 4.78 is 6.36. The van der Waals surface area contributed by atoms with Crippen LogP contribution in [0.3, 0.4) is 0 Å². The van der Waals surface area contributed by atoms with Crippen LogP contribution >= 0.6 is 0 Å². The minimum atomic E-state index is 0.763. The van der Waals surface area contributed by atoms with Crippen molar-refractivity contribution in [3.05, 3.63) is 109 Å².